The number of rotatable bonds is 6. The molecule has 0 aliphatic heterocycles. The number of nitrogens with one attached hydrogen (secondary N) is 1. The molecule has 0 heterocycles. The molecule has 7 heteroatoms. The molecule has 3 aromatic rings. The van der Waals surface area contributed by atoms with Crippen molar-refractivity contribution in [3.05, 3.63) is 87.0 Å². The predicted molar refractivity (Wildman–Crippen MR) is 124 cm³/mol. The van der Waals surface area contributed by atoms with Crippen LogP contribution in [0.15, 0.2) is 66.7 Å². The Balaban J connectivity index is 1.49. The molecule has 4 rings (SSSR count). The molecule has 31 heavy (non-hydrogen) atoms. The Labute approximate surface area is 193 Å². The van der Waals surface area contributed by atoms with Crippen LogP contribution in [0.2, 0.25) is 0 Å². The molecule has 1 amide bonds. The summed E-state index contributed by atoms with van der Waals surface area (Å²) >= 11 is 2.02. The van der Waals surface area contributed by atoms with Gasteiger partial charge in [-0.2, -0.15) is 0 Å². The number of hydrogen-bond donors (Lipinski definition) is 2. The lowest BCUT2D eigenvalue weighted by molar-refractivity contribution is -0.139. The lowest BCUT2D eigenvalue weighted by Gasteiger charge is -2.19. The zero-order valence-electron chi connectivity index (χ0n) is 16.7. The summed E-state index contributed by atoms with van der Waals surface area (Å²) in [4.78, 5) is 24.3. The fourth-order valence-corrected chi connectivity index (χ4v) is 4.70. The van der Waals surface area contributed by atoms with Crippen LogP contribution in [0.1, 0.15) is 28.7 Å². The minimum atomic E-state index is -1.23. The summed E-state index contributed by atoms with van der Waals surface area (Å²) in [5.74, 6) is -0.655. The maximum Gasteiger partial charge on any atom is 0.408 e. The molecule has 1 atom stereocenters. The van der Waals surface area contributed by atoms with E-state index in [0.717, 1.165) is 22.3 Å². The molecule has 1 aliphatic rings. The normalized spacial score (nSPS) is 13.1. The van der Waals surface area contributed by atoms with Crippen LogP contribution in [0.3, 0.4) is 0 Å². The van der Waals surface area contributed by atoms with E-state index in [0.29, 0.717) is 14.9 Å². The number of aliphatic carboxylic acids is 1. The van der Waals surface area contributed by atoms with Gasteiger partial charge in [0.05, 0.1) is 7.11 Å². The topological polar surface area (TPSA) is 84.9 Å². The van der Waals surface area contributed by atoms with Crippen LogP contribution in [0.4, 0.5) is 4.79 Å². The van der Waals surface area contributed by atoms with E-state index in [-0.39, 0.29) is 12.5 Å². The van der Waals surface area contributed by atoms with Crippen LogP contribution in [0, 0.1) is 3.57 Å². The first-order valence-corrected chi connectivity index (χ1v) is 10.7. The molecule has 0 spiro atoms. The Morgan fingerprint density at radius 2 is 1.65 bits per heavy atom. The fourth-order valence-electron chi connectivity index (χ4n) is 3.90. The average molecular weight is 529 g/mol. The first-order valence-electron chi connectivity index (χ1n) is 9.67. The number of halogens is 1. The monoisotopic (exact) mass is 529 g/mol. The second-order valence-corrected chi connectivity index (χ2v) is 8.29. The summed E-state index contributed by atoms with van der Waals surface area (Å²) in [6, 6.07) is 19.8. The standard InChI is InChI=1S/C24H20INO5/c1-30-14-10-11-19(21(25)12-14)22(23(27)28)26-24(29)31-13-20-17-8-4-2-6-15(17)16-7-3-5-9-18(16)20/h2-12,20,22H,13H2,1H3,(H,26,29)(H,27,28). The molecule has 1 aliphatic carbocycles. The zero-order chi connectivity index (χ0) is 22.0. The second-order valence-electron chi connectivity index (χ2n) is 7.13. The van der Waals surface area contributed by atoms with E-state index in [9.17, 15) is 14.7 Å². The zero-order valence-corrected chi connectivity index (χ0v) is 18.8. The van der Waals surface area contributed by atoms with E-state index in [4.69, 9.17) is 9.47 Å². The number of carboxylic acids is 1. The second kappa shape index (κ2) is 8.97. The lowest BCUT2D eigenvalue weighted by atomic mass is 9.98. The Kier molecular flexibility index (Phi) is 6.13. The summed E-state index contributed by atoms with van der Waals surface area (Å²) < 4.78 is 11.3. The largest absolute Gasteiger partial charge is 0.497 e. The molecule has 0 bridgehead atoms. The van der Waals surface area contributed by atoms with Crippen molar-refractivity contribution < 1.29 is 24.2 Å². The van der Waals surface area contributed by atoms with E-state index < -0.39 is 18.1 Å². The number of hydrogen-bond acceptors (Lipinski definition) is 4. The molecule has 0 radical (unpaired) electrons. The third kappa shape index (κ3) is 4.23. The third-order valence-electron chi connectivity index (χ3n) is 5.37. The maximum absolute atomic E-state index is 12.5. The highest BCUT2D eigenvalue weighted by Gasteiger charge is 2.30. The van der Waals surface area contributed by atoms with Gasteiger partial charge in [-0.1, -0.05) is 54.6 Å². The highest BCUT2D eigenvalue weighted by Crippen LogP contribution is 2.44. The number of carbonyl (C=O) groups is 2. The molecule has 0 aromatic heterocycles. The quantitative estimate of drug-likeness (QED) is 0.441. The molecule has 3 aromatic carbocycles. The first kappa shape index (κ1) is 21.2. The molecule has 0 fully saturated rings. The van der Waals surface area contributed by atoms with Gasteiger partial charge in [-0.3, -0.25) is 0 Å². The van der Waals surface area contributed by atoms with E-state index in [1.54, 1.807) is 18.2 Å². The summed E-state index contributed by atoms with van der Waals surface area (Å²) in [7, 11) is 1.54. The van der Waals surface area contributed by atoms with Gasteiger partial charge in [0.2, 0.25) is 0 Å². The third-order valence-corrected chi connectivity index (χ3v) is 6.31. The number of carboxylic acid groups (broad SMARTS) is 1. The molecule has 2 N–H and O–H groups in total. The van der Waals surface area contributed by atoms with Crippen molar-refractivity contribution in [3.8, 4) is 16.9 Å². The van der Waals surface area contributed by atoms with Gasteiger partial charge in [-0.05, 0) is 62.5 Å². The number of benzene rings is 3. The lowest BCUT2D eigenvalue weighted by Crippen LogP contribution is -2.35. The summed E-state index contributed by atoms with van der Waals surface area (Å²) in [6.45, 7) is 0.117. The molecular weight excluding hydrogens is 509 g/mol. The molecule has 0 saturated carbocycles. The van der Waals surface area contributed by atoms with Crippen molar-refractivity contribution in [2.24, 2.45) is 0 Å². The predicted octanol–water partition coefficient (Wildman–Crippen LogP) is 4.96. The van der Waals surface area contributed by atoms with E-state index >= 15 is 0 Å². The number of amides is 1. The highest BCUT2D eigenvalue weighted by molar-refractivity contribution is 14.1. The van der Waals surface area contributed by atoms with Gasteiger partial charge < -0.3 is 19.9 Å². The summed E-state index contributed by atoms with van der Waals surface area (Å²) in [6.07, 6.45) is -0.777. The fraction of sp³-hybridized carbons (Fsp3) is 0.167. The SMILES string of the molecule is COc1ccc(C(NC(=O)OCC2c3ccccc3-c3ccccc32)C(=O)O)c(I)c1. The van der Waals surface area contributed by atoms with E-state index in [1.165, 1.54) is 7.11 Å². The first-order chi connectivity index (χ1) is 15.0. The van der Waals surface area contributed by atoms with E-state index in [1.807, 2.05) is 59.0 Å². The van der Waals surface area contributed by atoms with Gasteiger partial charge >= 0.3 is 12.1 Å². The number of ether oxygens (including phenoxy) is 2. The van der Waals surface area contributed by atoms with Gasteiger partial charge in [-0.25, -0.2) is 9.59 Å². The average Bonchev–Trinajstić information content (AvgIpc) is 3.10. The Morgan fingerprint density at radius 3 is 2.19 bits per heavy atom. The molecular formula is C24H20INO5. The minimum absolute atomic E-state index is 0.0949. The van der Waals surface area contributed by atoms with Gasteiger partial charge in [0.1, 0.15) is 12.4 Å². The number of methoxy groups -OCH3 is 1. The van der Waals surface area contributed by atoms with Gasteiger partial charge in [-0.15, -0.1) is 0 Å². The summed E-state index contributed by atoms with van der Waals surface area (Å²) in [5, 5.41) is 12.1. The van der Waals surface area contributed by atoms with Crippen molar-refractivity contribution in [3.63, 3.8) is 0 Å². The maximum atomic E-state index is 12.5. The smallest absolute Gasteiger partial charge is 0.408 e. The number of fused-ring (bicyclic) bond motifs is 3. The molecule has 0 saturated heterocycles. The van der Waals surface area contributed by atoms with Crippen LogP contribution < -0.4 is 10.1 Å². The van der Waals surface area contributed by atoms with Crippen molar-refractivity contribution in [2.75, 3.05) is 13.7 Å². The van der Waals surface area contributed by atoms with Gasteiger partial charge in [0.25, 0.3) is 0 Å². The Hall–Kier alpha value is -3.07. The summed E-state index contributed by atoms with van der Waals surface area (Å²) in [5.41, 5.74) is 4.90. The van der Waals surface area contributed by atoms with Crippen LogP contribution in [-0.4, -0.2) is 30.9 Å². The van der Waals surface area contributed by atoms with Crippen molar-refractivity contribution in [1.29, 1.82) is 0 Å². The minimum Gasteiger partial charge on any atom is -0.497 e. The van der Waals surface area contributed by atoms with Crippen LogP contribution in [0.5, 0.6) is 5.75 Å². The van der Waals surface area contributed by atoms with Crippen molar-refractivity contribution >= 4 is 34.7 Å². The molecule has 6 nitrogen and oxygen atoms in total. The van der Waals surface area contributed by atoms with Crippen LogP contribution >= 0.6 is 22.6 Å². The van der Waals surface area contributed by atoms with Crippen molar-refractivity contribution in [2.45, 2.75) is 12.0 Å². The van der Waals surface area contributed by atoms with Crippen LogP contribution in [0.25, 0.3) is 11.1 Å². The Morgan fingerprint density at radius 1 is 1.03 bits per heavy atom. The van der Waals surface area contributed by atoms with E-state index in [2.05, 4.69) is 17.4 Å². The number of alkyl carbamates (subject to hydrolysis) is 1. The molecule has 1 unspecified atom stereocenters. The molecule has 158 valence electrons. The van der Waals surface area contributed by atoms with Gasteiger partial charge in [0.15, 0.2) is 6.04 Å². The number of carbonyl (C=O) groups excluding carboxylic acids is 1. The van der Waals surface area contributed by atoms with Gasteiger partial charge in [0, 0.05) is 9.49 Å². The highest BCUT2D eigenvalue weighted by atomic mass is 127. The Bertz CT molecular complexity index is 1100. The van der Waals surface area contributed by atoms with Crippen molar-refractivity contribution in [1.82, 2.24) is 5.32 Å². The van der Waals surface area contributed by atoms with Crippen LogP contribution in [-0.2, 0) is 9.53 Å².